The van der Waals surface area contributed by atoms with Crippen molar-refractivity contribution in [2.45, 2.75) is 45.9 Å². The first-order valence-corrected chi connectivity index (χ1v) is 8.12. The minimum absolute atomic E-state index is 0.121. The van der Waals surface area contributed by atoms with Gasteiger partial charge in [-0.05, 0) is 17.9 Å². The van der Waals surface area contributed by atoms with Gasteiger partial charge < -0.3 is 15.2 Å². The van der Waals surface area contributed by atoms with Crippen molar-refractivity contribution < 1.29 is 19.4 Å². The molecule has 6 nitrogen and oxygen atoms in total. The average Bonchev–Trinajstić information content (AvgIpc) is 2.47. The van der Waals surface area contributed by atoms with Crippen LogP contribution in [0, 0.1) is 5.41 Å². The number of benzene rings is 1. The molecule has 1 heterocycles. The lowest BCUT2D eigenvalue weighted by atomic mass is 9.81. The molecule has 2 rings (SSSR count). The van der Waals surface area contributed by atoms with E-state index in [0.29, 0.717) is 0 Å². The lowest BCUT2D eigenvalue weighted by Gasteiger charge is -2.51. The van der Waals surface area contributed by atoms with Crippen LogP contribution in [0.1, 0.15) is 33.3 Å². The van der Waals surface area contributed by atoms with E-state index in [1.807, 2.05) is 58.0 Å². The molecule has 0 radical (unpaired) electrons. The molecule has 0 bridgehead atoms. The van der Waals surface area contributed by atoms with Crippen LogP contribution in [0.2, 0.25) is 0 Å². The van der Waals surface area contributed by atoms with Crippen LogP contribution in [-0.4, -0.2) is 46.7 Å². The summed E-state index contributed by atoms with van der Waals surface area (Å²) >= 11 is 0. The number of carboxylic acid groups (broad SMARTS) is 1. The van der Waals surface area contributed by atoms with E-state index in [1.165, 1.54) is 4.90 Å². The molecule has 1 amide bonds. The highest BCUT2D eigenvalue weighted by atomic mass is 16.6. The average molecular weight is 334 g/mol. The Hall–Kier alpha value is -2.08. The molecular formula is C18H26N2O4. The van der Waals surface area contributed by atoms with Gasteiger partial charge >= 0.3 is 12.1 Å². The second-order valence-corrected chi connectivity index (χ2v) is 7.39. The zero-order chi connectivity index (χ0) is 18.0. The molecule has 1 unspecified atom stereocenters. The standard InChI is InChI=1S/C18H26N2O4/c1-13(17(2,3)4)20(18(15(21)22)11-19-12-18)16(23)24-10-14-8-6-5-7-9-14/h5-9,13,19H,10-12H2,1-4H3,(H,21,22). The van der Waals surface area contributed by atoms with Crippen LogP contribution in [-0.2, 0) is 16.1 Å². The van der Waals surface area contributed by atoms with Gasteiger partial charge in [0.05, 0.1) is 0 Å². The summed E-state index contributed by atoms with van der Waals surface area (Å²) in [6, 6.07) is 9.06. The van der Waals surface area contributed by atoms with E-state index in [1.54, 1.807) is 0 Å². The number of carbonyl (C=O) groups is 2. The van der Waals surface area contributed by atoms with Crippen molar-refractivity contribution in [1.29, 1.82) is 0 Å². The molecular weight excluding hydrogens is 308 g/mol. The molecule has 0 saturated carbocycles. The van der Waals surface area contributed by atoms with Crippen LogP contribution in [0.5, 0.6) is 0 Å². The van der Waals surface area contributed by atoms with Gasteiger partial charge in [-0.15, -0.1) is 0 Å². The molecule has 1 atom stereocenters. The highest BCUT2D eigenvalue weighted by Gasteiger charge is 2.55. The van der Waals surface area contributed by atoms with Crippen LogP contribution in [0.25, 0.3) is 0 Å². The summed E-state index contributed by atoms with van der Waals surface area (Å²) in [5, 5.41) is 12.7. The predicted octanol–water partition coefficient (Wildman–Crippen LogP) is 2.49. The van der Waals surface area contributed by atoms with Gasteiger partial charge in [0.1, 0.15) is 6.61 Å². The summed E-state index contributed by atoms with van der Waals surface area (Å²) in [6.45, 7) is 8.39. The molecule has 1 aliphatic rings. The van der Waals surface area contributed by atoms with E-state index in [0.717, 1.165) is 5.56 Å². The van der Waals surface area contributed by atoms with E-state index < -0.39 is 17.6 Å². The van der Waals surface area contributed by atoms with E-state index >= 15 is 0 Å². The monoisotopic (exact) mass is 334 g/mol. The summed E-state index contributed by atoms with van der Waals surface area (Å²) in [6.07, 6.45) is -0.592. The summed E-state index contributed by atoms with van der Waals surface area (Å²) in [5.74, 6) is -1.01. The largest absolute Gasteiger partial charge is 0.479 e. The molecule has 0 aliphatic carbocycles. The first-order valence-electron chi connectivity index (χ1n) is 8.12. The third-order valence-electron chi connectivity index (χ3n) is 4.74. The number of amides is 1. The molecule has 1 aromatic rings. The van der Waals surface area contributed by atoms with Gasteiger partial charge in [0.15, 0.2) is 5.54 Å². The van der Waals surface area contributed by atoms with Gasteiger partial charge in [0.2, 0.25) is 0 Å². The number of aliphatic carboxylic acids is 1. The first-order chi connectivity index (χ1) is 11.2. The molecule has 24 heavy (non-hydrogen) atoms. The van der Waals surface area contributed by atoms with E-state index in [2.05, 4.69) is 5.32 Å². The Labute approximate surface area is 142 Å². The summed E-state index contributed by atoms with van der Waals surface area (Å²) in [7, 11) is 0. The number of nitrogens with zero attached hydrogens (tertiary/aromatic N) is 1. The molecule has 1 aliphatic heterocycles. The van der Waals surface area contributed by atoms with Gasteiger partial charge in [-0.3, -0.25) is 4.90 Å². The maximum absolute atomic E-state index is 12.8. The molecule has 1 aromatic carbocycles. The quantitative estimate of drug-likeness (QED) is 0.865. The van der Waals surface area contributed by atoms with E-state index in [9.17, 15) is 14.7 Å². The van der Waals surface area contributed by atoms with Crippen LogP contribution >= 0.6 is 0 Å². The van der Waals surface area contributed by atoms with Crippen molar-refractivity contribution in [2.75, 3.05) is 13.1 Å². The number of ether oxygens (including phenoxy) is 1. The fourth-order valence-electron chi connectivity index (χ4n) is 2.67. The second-order valence-electron chi connectivity index (χ2n) is 7.39. The maximum Gasteiger partial charge on any atom is 0.411 e. The van der Waals surface area contributed by atoms with Crippen molar-refractivity contribution in [3.8, 4) is 0 Å². The first kappa shape index (κ1) is 18.3. The molecule has 132 valence electrons. The number of hydrogen-bond acceptors (Lipinski definition) is 4. The summed E-state index contributed by atoms with van der Waals surface area (Å²) in [4.78, 5) is 26.0. The van der Waals surface area contributed by atoms with Gasteiger partial charge in [-0.1, -0.05) is 51.1 Å². The Balaban J connectivity index is 2.22. The Kier molecular flexibility index (Phi) is 5.18. The number of carboxylic acids is 1. The third kappa shape index (κ3) is 3.53. The van der Waals surface area contributed by atoms with Crippen LogP contribution in [0.4, 0.5) is 4.79 Å². The Morgan fingerprint density at radius 3 is 2.29 bits per heavy atom. The summed E-state index contributed by atoms with van der Waals surface area (Å²) < 4.78 is 5.43. The van der Waals surface area contributed by atoms with Crippen LogP contribution in [0.3, 0.4) is 0 Å². The molecule has 1 saturated heterocycles. The lowest BCUT2D eigenvalue weighted by Crippen LogP contribution is -2.76. The predicted molar refractivity (Wildman–Crippen MR) is 90.6 cm³/mol. The zero-order valence-electron chi connectivity index (χ0n) is 14.7. The van der Waals surface area contributed by atoms with Crippen LogP contribution in [0.15, 0.2) is 30.3 Å². The third-order valence-corrected chi connectivity index (χ3v) is 4.74. The van der Waals surface area contributed by atoms with E-state index in [-0.39, 0.29) is 31.2 Å². The smallest absolute Gasteiger partial charge is 0.411 e. The fourth-order valence-corrected chi connectivity index (χ4v) is 2.67. The molecule has 6 heteroatoms. The van der Waals surface area contributed by atoms with Crippen molar-refractivity contribution in [1.82, 2.24) is 10.2 Å². The normalized spacial score (nSPS) is 17.5. The maximum atomic E-state index is 12.8. The van der Waals surface area contributed by atoms with Gasteiger partial charge in [0, 0.05) is 19.1 Å². The number of hydrogen-bond donors (Lipinski definition) is 2. The molecule has 0 aromatic heterocycles. The van der Waals surface area contributed by atoms with Crippen molar-refractivity contribution in [3.63, 3.8) is 0 Å². The van der Waals surface area contributed by atoms with Gasteiger partial charge in [-0.25, -0.2) is 9.59 Å². The van der Waals surface area contributed by atoms with Crippen molar-refractivity contribution in [3.05, 3.63) is 35.9 Å². The molecule has 2 N–H and O–H groups in total. The lowest BCUT2D eigenvalue weighted by molar-refractivity contribution is -0.157. The Morgan fingerprint density at radius 2 is 1.88 bits per heavy atom. The van der Waals surface area contributed by atoms with Gasteiger partial charge in [-0.2, -0.15) is 0 Å². The van der Waals surface area contributed by atoms with Gasteiger partial charge in [0.25, 0.3) is 0 Å². The summed E-state index contributed by atoms with van der Waals surface area (Å²) in [5.41, 5.74) is -0.657. The molecule has 1 fully saturated rings. The zero-order valence-corrected chi connectivity index (χ0v) is 14.7. The van der Waals surface area contributed by atoms with Crippen molar-refractivity contribution >= 4 is 12.1 Å². The number of nitrogens with one attached hydrogen (secondary N) is 1. The second kappa shape index (κ2) is 6.81. The highest BCUT2D eigenvalue weighted by Crippen LogP contribution is 2.33. The number of carbonyl (C=O) groups excluding carboxylic acids is 1. The Morgan fingerprint density at radius 1 is 1.29 bits per heavy atom. The topological polar surface area (TPSA) is 78.9 Å². The van der Waals surface area contributed by atoms with E-state index in [4.69, 9.17) is 4.74 Å². The Bertz CT molecular complexity index is 591. The minimum Gasteiger partial charge on any atom is -0.479 e. The SMILES string of the molecule is CC(N(C(=O)OCc1ccccc1)C1(C(=O)O)CNC1)C(C)(C)C. The molecule has 0 spiro atoms. The van der Waals surface area contributed by atoms with Crippen LogP contribution < -0.4 is 5.32 Å². The fraction of sp³-hybridized carbons (Fsp3) is 0.556. The number of rotatable bonds is 5. The van der Waals surface area contributed by atoms with Crippen molar-refractivity contribution in [2.24, 2.45) is 5.41 Å². The minimum atomic E-state index is -1.25. The highest BCUT2D eigenvalue weighted by molar-refractivity contribution is 5.86.